The van der Waals surface area contributed by atoms with E-state index in [1.165, 1.54) is 0 Å². The van der Waals surface area contributed by atoms with Crippen molar-refractivity contribution in [2.24, 2.45) is 17.8 Å². The maximum absolute atomic E-state index is 13.1. The predicted molar refractivity (Wildman–Crippen MR) is 115 cm³/mol. The molecule has 2 aromatic carbocycles. The van der Waals surface area contributed by atoms with Gasteiger partial charge >= 0.3 is 0 Å². The fraction of sp³-hybridized carbons (Fsp3) is 0.440. The molecule has 4 rings (SSSR count). The van der Waals surface area contributed by atoms with Crippen LogP contribution >= 0.6 is 0 Å². The molecule has 1 saturated heterocycles. The Balaban J connectivity index is 1.55. The fourth-order valence-corrected chi connectivity index (χ4v) is 5.08. The highest BCUT2D eigenvalue weighted by molar-refractivity contribution is 5.84. The Morgan fingerprint density at radius 1 is 1.20 bits per heavy atom. The first-order chi connectivity index (χ1) is 14.6. The summed E-state index contributed by atoms with van der Waals surface area (Å²) in [7, 11) is 1.64. The molecule has 0 spiro atoms. The Hall–Kier alpha value is -2.68. The molecule has 1 heterocycles. The molecule has 1 aliphatic carbocycles. The van der Waals surface area contributed by atoms with Crippen LogP contribution in [0.2, 0.25) is 0 Å². The molecular weight excluding hydrogens is 376 g/mol. The standard InChI is InChI=1S/C25H28N2O3/c1-30-25-5-3-2-4-21(25)18-7-6-16(17(10-18)8-9-26)12-23(28)19-11-20-14-27-15-22(20)24(29)13-19/h2-7,10,19-20,22,24,27,29H,8,11-15H2,1H3/t19-,20-,22+,24-/m0/s1. The van der Waals surface area contributed by atoms with Crippen molar-refractivity contribution in [3.63, 3.8) is 0 Å². The van der Waals surface area contributed by atoms with E-state index < -0.39 is 6.10 Å². The number of aliphatic hydroxyl groups is 1. The van der Waals surface area contributed by atoms with Gasteiger partial charge in [0.1, 0.15) is 11.5 Å². The molecule has 2 fully saturated rings. The summed E-state index contributed by atoms with van der Waals surface area (Å²) in [5.41, 5.74) is 3.72. The van der Waals surface area contributed by atoms with Gasteiger partial charge in [0.05, 0.1) is 25.7 Å². The van der Waals surface area contributed by atoms with Crippen molar-refractivity contribution in [2.75, 3.05) is 20.2 Å². The lowest BCUT2D eigenvalue weighted by atomic mass is 9.72. The van der Waals surface area contributed by atoms with E-state index in [-0.39, 0.29) is 24.0 Å². The third kappa shape index (κ3) is 4.12. The summed E-state index contributed by atoms with van der Waals surface area (Å²) >= 11 is 0. The van der Waals surface area contributed by atoms with Gasteiger partial charge in [-0.2, -0.15) is 5.26 Å². The Kier molecular flexibility index (Phi) is 6.17. The van der Waals surface area contributed by atoms with Gasteiger partial charge in [0.15, 0.2) is 0 Å². The van der Waals surface area contributed by atoms with Crippen LogP contribution in [0.4, 0.5) is 0 Å². The van der Waals surface area contributed by atoms with E-state index in [0.29, 0.717) is 18.8 Å². The molecule has 4 atom stereocenters. The van der Waals surface area contributed by atoms with Crippen LogP contribution in [0.15, 0.2) is 42.5 Å². The van der Waals surface area contributed by atoms with Crippen molar-refractivity contribution in [3.05, 3.63) is 53.6 Å². The van der Waals surface area contributed by atoms with E-state index >= 15 is 0 Å². The molecule has 1 aliphatic heterocycles. The first kappa shape index (κ1) is 20.6. The number of Topliss-reactive ketones (excluding diaryl/α,β-unsaturated/α-hetero) is 1. The second-order valence-corrected chi connectivity index (χ2v) is 8.48. The summed E-state index contributed by atoms with van der Waals surface area (Å²) in [6, 6.07) is 16.0. The quantitative estimate of drug-likeness (QED) is 0.773. The number of hydrogen-bond donors (Lipinski definition) is 2. The summed E-state index contributed by atoms with van der Waals surface area (Å²) in [4.78, 5) is 13.1. The van der Waals surface area contributed by atoms with Gasteiger partial charge in [0.25, 0.3) is 0 Å². The molecule has 2 N–H and O–H groups in total. The maximum Gasteiger partial charge on any atom is 0.140 e. The fourth-order valence-electron chi connectivity index (χ4n) is 5.08. The average Bonchev–Trinajstić information content (AvgIpc) is 3.24. The molecule has 2 aromatic rings. The minimum atomic E-state index is -0.404. The molecule has 156 valence electrons. The van der Waals surface area contributed by atoms with Crippen LogP contribution in [0.5, 0.6) is 5.75 Å². The van der Waals surface area contributed by atoms with E-state index in [1.54, 1.807) is 7.11 Å². The Labute approximate surface area is 177 Å². The predicted octanol–water partition coefficient (Wildman–Crippen LogP) is 3.15. The van der Waals surface area contributed by atoms with E-state index in [9.17, 15) is 15.2 Å². The number of aliphatic hydroxyl groups excluding tert-OH is 1. The third-order valence-electron chi connectivity index (χ3n) is 6.71. The molecule has 5 nitrogen and oxygen atoms in total. The Morgan fingerprint density at radius 2 is 2.03 bits per heavy atom. The van der Waals surface area contributed by atoms with E-state index in [0.717, 1.165) is 47.5 Å². The second kappa shape index (κ2) is 8.99. The van der Waals surface area contributed by atoms with Crippen LogP contribution in [0.3, 0.4) is 0 Å². The van der Waals surface area contributed by atoms with Crippen molar-refractivity contribution in [1.29, 1.82) is 5.26 Å². The maximum atomic E-state index is 13.1. The molecule has 1 saturated carbocycles. The van der Waals surface area contributed by atoms with Crippen LogP contribution in [0.25, 0.3) is 11.1 Å². The molecule has 0 amide bonds. The number of ether oxygens (including phenoxy) is 1. The van der Waals surface area contributed by atoms with E-state index in [4.69, 9.17) is 4.74 Å². The number of nitrogens with zero attached hydrogens (tertiary/aromatic N) is 1. The number of nitrogens with one attached hydrogen (secondary N) is 1. The first-order valence-corrected chi connectivity index (χ1v) is 10.6. The molecule has 2 aliphatic rings. The van der Waals surface area contributed by atoms with Crippen LogP contribution < -0.4 is 10.1 Å². The summed E-state index contributed by atoms with van der Waals surface area (Å²) in [5.74, 6) is 1.51. The number of methoxy groups -OCH3 is 1. The smallest absolute Gasteiger partial charge is 0.140 e. The van der Waals surface area contributed by atoms with Gasteiger partial charge in [-0.05, 0) is 54.1 Å². The number of rotatable bonds is 6. The zero-order valence-corrected chi connectivity index (χ0v) is 17.3. The normalized spacial score (nSPS) is 25.4. The number of benzene rings is 2. The molecular formula is C25H28N2O3. The lowest BCUT2D eigenvalue weighted by molar-refractivity contribution is -0.126. The van der Waals surface area contributed by atoms with Crippen LogP contribution in [0.1, 0.15) is 24.0 Å². The summed E-state index contributed by atoms with van der Waals surface area (Å²) < 4.78 is 5.47. The minimum Gasteiger partial charge on any atom is -0.496 e. The summed E-state index contributed by atoms with van der Waals surface area (Å²) in [6.45, 7) is 1.74. The third-order valence-corrected chi connectivity index (χ3v) is 6.71. The highest BCUT2D eigenvalue weighted by Crippen LogP contribution is 2.37. The zero-order chi connectivity index (χ0) is 21.1. The van der Waals surface area contributed by atoms with Crippen molar-refractivity contribution < 1.29 is 14.6 Å². The van der Waals surface area contributed by atoms with Gasteiger partial charge in [-0.25, -0.2) is 0 Å². The zero-order valence-electron chi connectivity index (χ0n) is 17.3. The van der Waals surface area contributed by atoms with Gasteiger partial charge in [0.2, 0.25) is 0 Å². The molecule has 0 unspecified atom stereocenters. The largest absolute Gasteiger partial charge is 0.496 e. The highest BCUT2D eigenvalue weighted by atomic mass is 16.5. The van der Waals surface area contributed by atoms with Crippen LogP contribution in [-0.4, -0.2) is 37.2 Å². The van der Waals surface area contributed by atoms with Gasteiger partial charge in [-0.15, -0.1) is 0 Å². The highest BCUT2D eigenvalue weighted by Gasteiger charge is 2.41. The lowest BCUT2D eigenvalue weighted by Gasteiger charge is -2.34. The summed E-state index contributed by atoms with van der Waals surface area (Å²) in [5, 5.41) is 23.1. The number of carbonyl (C=O) groups excluding carboxylic acids is 1. The number of para-hydroxylation sites is 1. The molecule has 0 aromatic heterocycles. The Morgan fingerprint density at radius 3 is 2.83 bits per heavy atom. The van der Waals surface area contributed by atoms with Crippen molar-refractivity contribution >= 4 is 5.78 Å². The number of hydrogen-bond acceptors (Lipinski definition) is 5. The monoisotopic (exact) mass is 404 g/mol. The summed E-state index contributed by atoms with van der Waals surface area (Å²) in [6.07, 6.45) is 1.56. The van der Waals surface area contributed by atoms with Gasteiger partial charge in [-0.1, -0.05) is 30.3 Å². The van der Waals surface area contributed by atoms with Gasteiger partial charge in [-0.3, -0.25) is 4.79 Å². The van der Waals surface area contributed by atoms with Crippen molar-refractivity contribution in [3.8, 4) is 22.9 Å². The van der Waals surface area contributed by atoms with Crippen molar-refractivity contribution in [2.45, 2.75) is 31.8 Å². The molecule has 0 bridgehead atoms. The number of nitriles is 1. The van der Waals surface area contributed by atoms with E-state index in [2.05, 4.69) is 11.4 Å². The number of fused-ring (bicyclic) bond motifs is 1. The second-order valence-electron chi connectivity index (χ2n) is 8.48. The van der Waals surface area contributed by atoms with Gasteiger partial charge < -0.3 is 15.2 Å². The van der Waals surface area contributed by atoms with Gasteiger partial charge in [0, 0.05) is 30.4 Å². The van der Waals surface area contributed by atoms with Crippen LogP contribution in [-0.2, 0) is 17.6 Å². The Bertz CT molecular complexity index is 965. The van der Waals surface area contributed by atoms with Crippen molar-refractivity contribution in [1.82, 2.24) is 5.32 Å². The lowest BCUT2D eigenvalue weighted by Crippen LogP contribution is -2.38. The minimum absolute atomic E-state index is 0.107. The number of carbonyl (C=O) groups is 1. The number of ketones is 1. The first-order valence-electron chi connectivity index (χ1n) is 10.6. The molecule has 5 heteroatoms. The van der Waals surface area contributed by atoms with E-state index in [1.807, 2.05) is 42.5 Å². The molecule has 0 radical (unpaired) electrons. The molecule has 30 heavy (non-hydrogen) atoms. The SMILES string of the molecule is COc1ccccc1-c1ccc(CC(=O)[C@H]2C[C@H]3CNC[C@H]3[C@@H](O)C2)c(CC#N)c1. The average molecular weight is 405 g/mol. The van der Waals surface area contributed by atoms with Crippen LogP contribution in [0, 0.1) is 29.1 Å². The topological polar surface area (TPSA) is 82.3 Å².